The highest BCUT2D eigenvalue weighted by atomic mass is 32.2. The van der Waals surface area contributed by atoms with Crippen LogP contribution in [-0.2, 0) is 12.3 Å². The molecule has 0 spiro atoms. The van der Waals surface area contributed by atoms with Crippen LogP contribution in [0.2, 0.25) is 0 Å². The maximum Gasteiger partial charge on any atom is 0.159 e. The molecule has 2 aromatic carbocycles. The third-order valence-electron chi connectivity index (χ3n) is 2.63. The number of rotatable bonds is 4. The molecule has 100 valence electrons. The van der Waals surface area contributed by atoms with Gasteiger partial charge in [-0.1, -0.05) is 12.1 Å². The van der Waals surface area contributed by atoms with Crippen molar-refractivity contribution in [2.24, 2.45) is 5.73 Å². The quantitative estimate of drug-likeness (QED) is 0.862. The molecule has 0 radical (unpaired) electrons. The number of nitrogens with two attached hydrogens (primary N) is 1. The molecule has 2 N–H and O–H groups in total. The number of thioether (sulfide) groups is 1. The summed E-state index contributed by atoms with van der Waals surface area (Å²) in [4.78, 5) is 0.623. The maximum atomic E-state index is 13.3. The van der Waals surface area contributed by atoms with Gasteiger partial charge in [0.05, 0.1) is 0 Å². The van der Waals surface area contributed by atoms with Crippen LogP contribution in [0, 0.1) is 17.5 Å². The van der Waals surface area contributed by atoms with E-state index in [-0.39, 0.29) is 12.4 Å². The first-order chi connectivity index (χ1) is 9.10. The predicted octanol–water partition coefficient (Wildman–Crippen LogP) is 3.85. The van der Waals surface area contributed by atoms with E-state index in [0.717, 1.165) is 17.7 Å². The van der Waals surface area contributed by atoms with Gasteiger partial charge >= 0.3 is 0 Å². The van der Waals surface area contributed by atoms with Crippen LogP contribution < -0.4 is 5.73 Å². The summed E-state index contributed by atoms with van der Waals surface area (Å²) < 4.78 is 39.0. The summed E-state index contributed by atoms with van der Waals surface area (Å²) >= 11 is 1.35. The van der Waals surface area contributed by atoms with Crippen molar-refractivity contribution < 1.29 is 13.2 Å². The highest BCUT2D eigenvalue weighted by molar-refractivity contribution is 7.98. The lowest BCUT2D eigenvalue weighted by molar-refractivity contribution is 0.506. The molecular formula is C14H12F3NS. The van der Waals surface area contributed by atoms with Gasteiger partial charge in [0.1, 0.15) is 5.82 Å². The average Bonchev–Trinajstić information content (AvgIpc) is 2.41. The monoisotopic (exact) mass is 283 g/mol. The zero-order valence-corrected chi connectivity index (χ0v) is 10.8. The molecule has 0 atom stereocenters. The Morgan fingerprint density at radius 1 is 0.895 bits per heavy atom. The van der Waals surface area contributed by atoms with Gasteiger partial charge in [0.25, 0.3) is 0 Å². The first-order valence-electron chi connectivity index (χ1n) is 5.65. The Hall–Kier alpha value is -1.46. The molecule has 1 nitrogen and oxygen atoms in total. The summed E-state index contributed by atoms with van der Waals surface area (Å²) in [7, 11) is 0. The van der Waals surface area contributed by atoms with E-state index in [1.807, 2.05) is 0 Å². The Morgan fingerprint density at radius 2 is 1.63 bits per heavy atom. The lowest BCUT2D eigenvalue weighted by Crippen LogP contribution is -2.00. The van der Waals surface area contributed by atoms with Gasteiger partial charge in [0, 0.05) is 22.8 Å². The van der Waals surface area contributed by atoms with Crippen molar-refractivity contribution >= 4 is 11.8 Å². The molecule has 0 aliphatic heterocycles. The molecule has 0 bridgehead atoms. The third kappa shape index (κ3) is 3.52. The lowest BCUT2D eigenvalue weighted by atomic mass is 10.1. The average molecular weight is 283 g/mol. The van der Waals surface area contributed by atoms with Crippen molar-refractivity contribution in [3.8, 4) is 0 Å². The van der Waals surface area contributed by atoms with Crippen molar-refractivity contribution in [1.82, 2.24) is 0 Å². The fraction of sp³-hybridized carbons (Fsp3) is 0.143. The molecule has 19 heavy (non-hydrogen) atoms. The van der Waals surface area contributed by atoms with Crippen LogP contribution in [0.15, 0.2) is 41.3 Å². The highest BCUT2D eigenvalue weighted by Crippen LogP contribution is 2.25. The molecule has 0 aliphatic rings. The molecule has 2 rings (SSSR count). The van der Waals surface area contributed by atoms with Crippen molar-refractivity contribution in [3.05, 3.63) is 65.0 Å². The van der Waals surface area contributed by atoms with E-state index < -0.39 is 11.6 Å². The number of hydrogen-bond donors (Lipinski definition) is 1. The van der Waals surface area contributed by atoms with E-state index in [9.17, 15) is 13.2 Å². The first-order valence-corrected chi connectivity index (χ1v) is 6.64. The zero-order valence-electron chi connectivity index (χ0n) is 10.00. The Kier molecular flexibility index (Phi) is 4.50. The van der Waals surface area contributed by atoms with Crippen LogP contribution in [0.3, 0.4) is 0 Å². The molecule has 0 aromatic heterocycles. The van der Waals surface area contributed by atoms with Crippen LogP contribution in [0.25, 0.3) is 0 Å². The van der Waals surface area contributed by atoms with E-state index in [2.05, 4.69) is 0 Å². The molecule has 5 heteroatoms. The van der Waals surface area contributed by atoms with Gasteiger partial charge in [-0.3, -0.25) is 0 Å². The van der Waals surface area contributed by atoms with Crippen molar-refractivity contribution in [2.45, 2.75) is 17.2 Å². The number of halogens is 3. The number of hydrogen-bond acceptors (Lipinski definition) is 2. The molecule has 0 amide bonds. The van der Waals surface area contributed by atoms with Gasteiger partial charge in [0.15, 0.2) is 11.6 Å². The van der Waals surface area contributed by atoms with Gasteiger partial charge in [0.2, 0.25) is 0 Å². The van der Waals surface area contributed by atoms with Gasteiger partial charge in [-0.2, -0.15) is 0 Å². The van der Waals surface area contributed by atoms with Crippen LogP contribution >= 0.6 is 11.8 Å². The van der Waals surface area contributed by atoms with Crippen molar-refractivity contribution in [3.63, 3.8) is 0 Å². The lowest BCUT2D eigenvalue weighted by Gasteiger charge is -2.05. The van der Waals surface area contributed by atoms with Crippen LogP contribution in [-0.4, -0.2) is 0 Å². The maximum absolute atomic E-state index is 13.3. The Labute approximate surface area is 113 Å². The summed E-state index contributed by atoms with van der Waals surface area (Å²) in [6, 6.07) is 8.45. The topological polar surface area (TPSA) is 26.0 Å². The fourth-order valence-corrected chi connectivity index (χ4v) is 2.47. The summed E-state index contributed by atoms with van der Waals surface area (Å²) in [6.07, 6.45) is 0. The second-order valence-corrected chi connectivity index (χ2v) is 5.04. The third-order valence-corrected chi connectivity index (χ3v) is 3.69. The summed E-state index contributed by atoms with van der Waals surface area (Å²) in [6.45, 7) is 0.134. The molecular weight excluding hydrogens is 271 g/mol. The van der Waals surface area contributed by atoms with Crippen molar-refractivity contribution in [2.75, 3.05) is 0 Å². The standard InChI is InChI=1S/C14H12F3NS/c15-12-3-1-9(5-10(12)7-18)8-19-11-2-4-13(16)14(17)6-11/h1-6H,7-8,18H2. The molecule has 2 aromatic rings. The van der Waals surface area contributed by atoms with E-state index in [0.29, 0.717) is 16.2 Å². The van der Waals surface area contributed by atoms with Gasteiger partial charge < -0.3 is 5.73 Å². The van der Waals surface area contributed by atoms with E-state index >= 15 is 0 Å². The zero-order chi connectivity index (χ0) is 13.8. The minimum absolute atomic E-state index is 0.134. The summed E-state index contributed by atoms with van der Waals surface area (Å²) in [5.74, 6) is -1.52. The first kappa shape index (κ1) is 14.0. The van der Waals surface area contributed by atoms with Gasteiger partial charge in [-0.15, -0.1) is 11.8 Å². The minimum Gasteiger partial charge on any atom is -0.326 e. The SMILES string of the molecule is NCc1cc(CSc2ccc(F)c(F)c2)ccc1F. The number of benzene rings is 2. The van der Waals surface area contributed by atoms with Crippen LogP contribution in [0.5, 0.6) is 0 Å². The summed E-state index contributed by atoms with van der Waals surface area (Å²) in [5.41, 5.74) is 6.76. The largest absolute Gasteiger partial charge is 0.326 e. The molecule has 0 saturated carbocycles. The molecule has 0 unspecified atom stereocenters. The smallest absolute Gasteiger partial charge is 0.159 e. The van der Waals surface area contributed by atoms with Crippen LogP contribution in [0.4, 0.5) is 13.2 Å². The second kappa shape index (κ2) is 6.12. The molecule has 0 heterocycles. The Bertz CT molecular complexity index is 587. The normalized spacial score (nSPS) is 10.7. The molecule has 0 fully saturated rings. The summed E-state index contributed by atoms with van der Waals surface area (Å²) in [5, 5.41) is 0. The molecule has 0 saturated heterocycles. The second-order valence-electron chi connectivity index (χ2n) is 3.99. The van der Waals surface area contributed by atoms with Gasteiger partial charge in [-0.05, 0) is 29.8 Å². The van der Waals surface area contributed by atoms with E-state index in [4.69, 9.17) is 5.73 Å². The van der Waals surface area contributed by atoms with E-state index in [1.54, 1.807) is 12.1 Å². The predicted molar refractivity (Wildman–Crippen MR) is 70.2 cm³/mol. The molecule has 0 aliphatic carbocycles. The highest BCUT2D eigenvalue weighted by Gasteiger charge is 2.05. The van der Waals surface area contributed by atoms with E-state index in [1.165, 1.54) is 23.9 Å². The Balaban J connectivity index is 2.07. The van der Waals surface area contributed by atoms with Gasteiger partial charge in [-0.25, -0.2) is 13.2 Å². The fourth-order valence-electron chi connectivity index (χ4n) is 1.61. The minimum atomic E-state index is -0.869. The Morgan fingerprint density at radius 3 is 2.32 bits per heavy atom. The van der Waals surface area contributed by atoms with Crippen molar-refractivity contribution in [1.29, 1.82) is 0 Å². The van der Waals surface area contributed by atoms with Crippen LogP contribution in [0.1, 0.15) is 11.1 Å².